The largest absolute Gasteiger partial charge is 0.456 e. The molecule has 26 heavy (non-hydrogen) atoms. The van der Waals surface area contributed by atoms with Crippen LogP contribution in [0.3, 0.4) is 0 Å². The normalized spacial score (nSPS) is 35.5. The Labute approximate surface area is 147 Å². The fraction of sp³-hybridized carbons (Fsp3) is 0.588. The van der Waals surface area contributed by atoms with Gasteiger partial charge in [0.2, 0.25) is 0 Å². The number of benzene rings is 1. The molecule has 6 atom stereocenters. The summed E-state index contributed by atoms with van der Waals surface area (Å²) in [6.45, 7) is -0.527. The molecule has 0 amide bonds. The van der Waals surface area contributed by atoms with E-state index >= 15 is 0 Å². The Bertz CT molecular complexity index is 685. The van der Waals surface area contributed by atoms with Gasteiger partial charge in [0.05, 0.1) is 6.61 Å². The molecule has 3 rings (SSSR count). The fourth-order valence-corrected chi connectivity index (χ4v) is 3.98. The molecule has 0 bridgehead atoms. The van der Waals surface area contributed by atoms with Crippen molar-refractivity contribution in [2.24, 2.45) is 17.1 Å². The highest BCUT2D eigenvalue weighted by atomic mass is 19.4. The van der Waals surface area contributed by atoms with Gasteiger partial charge >= 0.3 is 12.1 Å². The Kier molecular flexibility index (Phi) is 4.53. The Morgan fingerprint density at radius 2 is 1.96 bits per heavy atom. The van der Waals surface area contributed by atoms with Crippen molar-refractivity contribution in [2.75, 3.05) is 13.7 Å². The van der Waals surface area contributed by atoms with Crippen LogP contribution in [0.15, 0.2) is 30.3 Å². The minimum absolute atomic E-state index is 0.292. The topological polar surface area (TPSA) is 81.8 Å². The van der Waals surface area contributed by atoms with Crippen molar-refractivity contribution < 1.29 is 36.9 Å². The van der Waals surface area contributed by atoms with Gasteiger partial charge in [-0.3, -0.25) is 0 Å². The van der Waals surface area contributed by atoms with Gasteiger partial charge in [-0.2, -0.15) is 13.2 Å². The van der Waals surface area contributed by atoms with Crippen LogP contribution in [0.1, 0.15) is 12.0 Å². The summed E-state index contributed by atoms with van der Waals surface area (Å²) in [4.78, 5) is 12.6. The first-order valence-electron chi connectivity index (χ1n) is 8.04. The summed E-state index contributed by atoms with van der Waals surface area (Å²) in [7, 11) is 0.733. The molecule has 0 heterocycles. The van der Waals surface area contributed by atoms with Gasteiger partial charge in [0.15, 0.2) is 6.17 Å². The van der Waals surface area contributed by atoms with E-state index in [0.717, 1.165) is 19.2 Å². The van der Waals surface area contributed by atoms with E-state index in [4.69, 9.17) is 10.5 Å². The Morgan fingerprint density at radius 1 is 1.35 bits per heavy atom. The number of aliphatic hydroxyl groups is 1. The summed E-state index contributed by atoms with van der Waals surface area (Å²) in [6, 6.07) is 5.27. The van der Waals surface area contributed by atoms with E-state index in [2.05, 4.69) is 4.74 Å². The molecule has 9 heteroatoms. The van der Waals surface area contributed by atoms with Gasteiger partial charge < -0.3 is 20.3 Å². The van der Waals surface area contributed by atoms with Crippen LogP contribution in [0.4, 0.5) is 17.6 Å². The molecule has 2 fully saturated rings. The predicted octanol–water partition coefficient (Wildman–Crippen LogP) is 1.68. The van der Waals surface area contributed by atoms with E-state index < -0.39 is 59.6 Å². The van der Waals surface area contributed by atoms with Crippen LogP contribution >= 0.6 is 0 Å². The summed E-state index contributed by atoms with van der Waals surface area (Å²) in [5, 5.41) is 9.56. The van der Waals surface area contributed by atoms with E-state index in [1.165, 1.54) is 18.2 Å². The van der Waals surface area contributed by atoms with E-state index in [9.17, 15) is 27.5 Å². The lowest BCUT2D eigenvalue weighted by molar-refractivity contribution is -0.280. The number of carbonyl (C=O) groups excluding carboxylic acids is 1. The van der Waals surface area contributed by atoms with Crippen LogP contribution in [0.2, 0.25) is 0 Å². The van der Waals surface area contributed by atoms with Gasteiger partial charge in [-0.05, 0) is 12.3 Å². The second-order valence-electron chi connectivity index (χ2n) is 6.80. The third-order valence-electron chi connectivity index (χ3n) is 5.57. The number of esters is 1. The first-order valence-corrected chi connectivity index (χ1v) is 8.04. The first-order chi connectivity index (χ1) is 12.2. The van der Waals surface area contributed by atoms with E-state index in [1.54, 1.807) is 0 Å². The van der Waals surface area contributed by atoms with Crippen molar-refractivity contribution in [2.45, 2.75) is 36.5 Å². The molecule has 0 radical (unpaired) electrons. The van der Waals surface area contributed by atoms with Crippen LogP contribution in [0.5, 0.6) is 0 Å². The lowest BCUT2D eigenvalue weighted by Gasteiger charge is -2.35. The van der Waals surface area contributed by atoms with Crippen LogP contribution in [0, 0.1) is 11.3 Å². The monoisotopic (exact) mass is 377 g/mol. The van der Waals surface area contributed by atoms with Gasteiger partial charge in [-0.25, -0.2) is 9.18 Å². The van der Waals surface area contributed by atoms with Crippen LogP contribution in [0.25, 0.3) is 0 Å². The SMILES string of the molecule is CO[C@@](C(=O)O[C@H]1[C@H](F)[C@H](N)[C@H]2C[C@]21CO)(c1ccccc1)C(F)(F)F. The van der Waals surface area contributed by atoms with Gasteiger partial charge in [0.25, 0.3) is 5.60 Å². The summed E-state index contributed by atoms with van der Waals surface area (Å²) < 4.78 is 65.6. The molecule has 2 saturated carbocycles. The summed E-state index contributed by atoms with van der Waals surface area (Å²) in [6.07, 6.45) is -8.27. The number of alkyl halides is 4. The van der Waals surface area contributed by atoms with Gasteiger partial charge in [0.1, 0.15) is 6.10 Å². The number of methoxy groups -OCH3 is 1. The van der Waals surface area contributed by atoms with E-state index in [0.29, 0.717) is 6.42 Å². The smallest absolute Gasteiger partial charge is 0.432 e. The predicted molar refractivity (Wildman–Crippen MR) is 81.6 cm³/mol. The number of hydrogen-bond donors (Lipinski definition) is 2. The van der Waals surface area contributed by atoms with Gasteiger partial charge in [0, 0.05) is 24.1 Å². The number of fused-ring (bicyclic) bond motifs is 1. The third-order valence-corrected chi connectivity index (χ3v) is 5.57. The molecule has 3 N–H and O–H groups in total. The molecule has 0 spiro atoms. The highest BCUT2D eigenvalue weighted by Gasteiger charge is 2.74. The minimum atomic E-state index is -5.15. The highest BCUT2D eigenvalue weighted by molar-refractivity contribution is 5.83. The number of hydrogen-bond acceptors (Lipinski definition) is 5. The lowest BCUT2D eigenvalue weighted by atomic mass is 9.92. The second-order valence-corrected chi connectivity index (χ2v) is 6.80. The van der Waals surface area contributed by atoms with Crippen molar-refractivity contribution in [1.29, 1.82) is 0 Å². The molecule has 0 unspecified atom stereocenters. The molecule has 5 nitrogen and oxygen atoms in total. The molecule has 0 saturated heterocycles. The van der Waals surface area contributed by atoms with E-state index in [1.807, 2.05) is 0 Å². The molecule has 144 valence electrons. The van der Waals surface area contributed by atoms with Crippen molar-refractivity contribution in [3.8, 4) is 0 Å². The average molecular weight is 377 g/mol. The van der Waals surface area contributed by atoms with Crippen molar-refractivity contribution in [3.63, 3.8) is 0 Å². The Morgan fingerprint density at radius 3 is 2.46 bits per heavy atom. The summed E-state index contributed by atoms with van der Waals surface area (Å²) in [5.41, 5.74) is 0.685. The molecule has 1 aromatic carbocycles. The Balaban J connectivity index is 1.97. The zero-order valence-corrected chi connectivity index (χ0v) is 13.9. The van der Waals surface area contributed by atoms with Gasteiger partial charge in [-0.1, -0.05) is 30.3 Å². The maximum absolute atomic E-state index is 14.4. The number of nitrogens with two attached hydrogens (primary N) is 1. The maximum atomic E-state index is 14.4. The fourth-order valence-electron chi connectivity index (χ4n) is 3.98. The maximum Gasteiger partial charge on any atom is 0.432 e. The molecule has 2 aliphatic carbocycles. The van der Waals surface area contributed by atoms with E-state index in [-0.39, 0.29) is 0 Å². The van der Waals surface area contributed by atoms with Crippen LogP contribution in [-0.2, 0) is 19.9 Å². The molecular formula is C17H19F4NO4. The number of aliphatic hydroxyl groups excluding tert-OH is 1. The molecule has 0 aromatic heterocycles. The second kappa shape index (κ2) is 6.17. The molecule has 2 aliphatic rings. The summed E-state index contributed by atoms with van der Waals surface area (Å²) in [5.74, 6) is -2.21. The zero-order chi connectivity index (χ0) is 19.3. The summed E-state index contributed by atoms with van der Waals surface area (Å²) >= 11 is 0. The van der Waals surface area contributed by atoms with Crippen molar-refractivity contribution in [3.05, 3.63) is 35.9 Å². The van der Waals surface area contributed by atoms with Crippen LogP contribution < -0.4 is 5.73 Å². The number of ether oxygens (including phenoxy) is 2. The Hall–Kier alpha value is -1.71. The van der Waals surface area contributed by atoms with Crippen molar-refractivity contribution in [1.82, 2.24) is 0 Å². The number of rotatable bonds is 5. The van der Waals surface area contributed by atoms with Gasteiger partial charge in [-0.15, -0.1) is 0 Å². The first kappa shape index (κ1) is 19.1. The lowest BCUT2D eigenvalue weighted by Crippen LogP contribution is -2.54. The standard InChI is InChI=1S/C17H19F4NO4/c1-25-16(17(19,20)21,9-5-3-2-4-6-9)14(24)26-13-11(18)12(22)10-7-15(10,13)8-23/h2-6,10-13,23H,7-8,22H2,1H3/t10-,11-,12-,13+,15+,16-/m1/s1. The molecule has 1 aromatic rings. The third kappa shape index (κ3) is 2.44. The number of halogens is 4. The zero-order valence-electron chi connectivity index (χ0n) is 13.9. The average Bonchev–Trinajstić information content (AvgIpc) is 3.30. The number of carbonyl (C=O) groups is 1. The highest BCUT2D eigenvalue weighted by Crippen LogP contribution is 2.64. The molecular weight excluding hydrogens is 358 g/mol. The minimum Gasteiger partial charge on any atom is -0.456 e. The van der Waals surface area contributed by atoms with Crippen molar-refractivity contribution >= 4 is 5.97 Å². The molecule has 0 aliphatic heterocycles. The quantitative estimate of drug-likeness (QED) is 0.603. The van der Waals surface area contributed by atoms with Crippen LogP contribution in [-0.4, -0.2) is 49.3 Å².